The van der Waals surface area contributed by atoms with Gasteiger partial charge >= 0.3 is 0 Å². The first-order valence-electron chi connectivity index (χ1n) is 22.3. The number of nitrogens with zero attached hydrogens (tertiary/aromatic N) is 1. The summed E-state index contributed by atoms with van der Waals surface area (Å²) < 4.78 is 2.59. The van der Waals surface area contributed by atoms with E-state index in [1.807, 2.05) is 0 Å². The fourth-order valence-electron chi connectivity index (χ4n) is 8.56. The highest BCUT2D eigenvalue weighted by atomic mass is 15.1. The number of unbranched alkanes of at least 4 members (excludes halogenated alkanes) is 24. The molecule has 2 aromatic carbocycles. The molecule has 2 nitrogen and oxygen atoms in total. The molecule has 0 spiro atoms. The largest absolute Gasteiger partial charge is 0.258 e. The Labute approximate surface area is 317 Å². The molecule has 2 heteroatoms. The summed E-state index contributed by atoms with van der Waals surface area (Å²) >= 11 is 0. The van der Waals surface area contributed by atoms with Crippen molar-refractivity contribution in [2.75, 3.05) is 0 Å². The average molecular weight is 698 g/mol. The van der Waals surface area contributed by atoms with Crippen LogP contribution in [0.3, 0.4) is 0 Å². The summed E-state index contributed by atoms with van der Waals surface area (Å²) in [6.07, 6.45) is 43.4. The van der Waals surface area contributed by atoms with Crippen molar-refractivity contribution < 1.29 is 4.57 Å². The van der Waals surface area contributed by atoms with Crippen LogP contribution in [-0.4, -0.2) is 4.98 Å². The number of imidazole rings is 1. The van der Waals surface area contributed by atoms with Crippen LogP contribution in [0.4, 0.5) is 0 Å². The quantitative estimate of drug-likeness (QED) is 0.0483. The Bertz CT molecular complexity index is 1180. The minimum Gasteiger partial charge on any atom is -0.247 e. The van der Waals surface area contributed by atoms with E-state index in [0.717, 1.165) is 13.0 Å². The third-order valence-electron chi connectivity index (χ3n) is 11.8. The molecule has 0 bridgehead atoms. The van der Waals surface area contributed by atoms with Gasteiger partial charge in [-0.2, -0.15) is 0 Å². The van der Waals surface area contributed by atoms with E-state index in [-0.39, 0.29) is 5.41 Å². The van der Waals surface area contributed by atoms with Crippen LogP contribution in [0, 0.1) is 0 Å². The SMILES string of the molecule is CCCCCCCCCCCCCCCCCCC[n+]1cc[nH]c1C(CCCCCCCCCCC)C(C)(Cc1ccccc1)c1ccccc1. The van der Waals surface area contributed by atoms with E-state index in [2.05, 4.69) is 103 Å². The molecule has 1 heterocycles. The van der Waals surface area contributed by atoms with Crippen LogP contribution >= 0.6 is 0 Å². The number of aryl methyl sites for hydroxylation is 1. The minimum atomic E-state index is 0.00359. The van der Waals surface area contributed by atoms with Gasteiger partial charge in [0.2, 0.25) is 0 Å². The zero-order chi connectivity index (χ0) is 36.1. The van der Waals surface area contributed by atoms with Gasteiger partial charge in [-0.05, 0) is 36.8 Å². The third-order valence-corrected chi connectivity index (χ3v) is 11.8. The van der Waals surface area contributed by atoms with E-state index in [1.54, 1.807) is 0 Å². The fourth-order valence-corrected chi connectivity index (χ4v) is 8.56. The van der Waals surface area contributed by atoms with Gasteiger partial charge in [-0.3, -0.25) is 0 Å². The summed E-state index contributed by atoms with van der Waals surface area (Å²) in [7, 11) is 0. The van der Waals surface area contributed by atoms with Crippen LogP contribution in [0.1, 0.15) is 217 Å². The van der Waals surface area contributed by atoms with E-state index in [4.69, 9.17) is 0 Å². The molecule has 2 unspecified atom stereocenters. The number of aromatic nitrogens is 2. The first kappa shape index (κ1) is 43.1. The molecule has 51 heavy (non-hydrogen) atoms. The Morgan fingerprint density at radius 3 is 1.39 bits per heavy atom. The van der Waals surface area contributed by atoms with E-state index >= 15 is 0 Å². The molecule has 2 atom stereocenters. The van der Waals surface area contributed by atoms with Crippen LogP contribution in [-0.2, 0) is 18.4 Å². The molecular formula is C49H81N2+. The second kappa shape index (κ2) is 28.2. The summed E-state index contributed by atoms with van der Waals surface area (Å²) in [5, 5.41) is 0. The van der Waals surface area contributed by atoms with E-state index in [1.165, 1.54) is 190 Å². The highest BCUT2D eigenvalue weighted by Crippen LogP contribution is 2.43. The molecule has 0 saturated carbocycles. The van der Waals surface area contributed by atoms with Crippen molar-refractivity contribution in [3.8, 4) is 0 Å². The molecule has 0 aliphatic heterocycles. The third kappa shape index (κ3) is 17.8. The van der Waals surface area contributed by atoms with Crippen molar-refractivity contribution in [1.82, 2.24) is 4.98 Å². The zero-order valence-corrected chi connectivity index (χ0v) is 34.0. The molecule has 3 rings (SSSR count). The fraction of sp³-hybridized carbons (Fsp3) is 0.694. The lowest BCUT2D eigenvalue weighted by molar-refractivity contribution is -0.705. The average Bonchev–Trinajstić information content (AvgIpc) is 3.62. The van der Waals surface area contributed by atoms with Crippen molar-refractivity contribution in [1.29, 1.82) is 0 Å². The van der Waals surface area contributed by atoms with E-state index in [9.17, 15) is 0 Å². The molecule has 0 radical (unpaired) electrons. The Hall–Kier alpha value is -2.35. The maximum atomic E-state index is 3.82. The van der Waals surface area contributed by atoms with Gasteiger partial charge < -0.3 is 0 Å². The summed E-state index contributed by atoms with van der Waals surface area (Å²) in [6.45, 7) is 8.30. The Morgan fingerprint density at radius 1 is 0.510 bits per heavy atom. The van der Waals surface area contributed by atoms with Crippen molar-refractivity contribution in [3.63, 3.8) is 0 Å². The maximum Gasteiger partial charge on any atom is 0.258 e. The van der Waals surface area contributed by atoms with Crippen LogP contribution < -0.4 is 4.57 Å². The number of aromatic amines is 1. The maximum absolute atomic E-state index is 3.82. The van der Waals surface area contributed by atoms with Crippen molar-refractivity contribution in [3.05, 3.63) is 90.0 Å². The second-order valence-electron chi connectivity index (χ2n) is 16.3. The van der Waals surface area contributed by atoms with E-state index < -0.39 is 0 Å². The number of rotatable bonds is 33. The molecular weight excluding hydrogens is 617 g/mol. The topological polar surface area (TPSA) is 19.7 Å². The van der Waals surface area contributed by atoms with Crippen molar-refractivity contribution in [2.45, 2.75) is 218 Å². The van der Waals surface area contributed by atoms with Crippen molar-refractivity contribution >= 4 is 0 Å². The van der Waals surface area contributed by atoms with Crippen molar-refractivity contribution in [2.24, 2.45) is 0 Å². The van der Waals surface area contributed by atoms with Gasteiger partial charge in [-0.25, -0.2) is 9.55 Å². The first-order valence-corrected chi connectivity index (χ1v) is 22.3. The number of H-pyrrole nitrogens is 1. The van der Waals surface area contributed by atoms with E-state index in [0.29, 0.717) is 5.92 Å². The van der Waals surface area contributed by atoms with Crippen LogP contribution in [0.25, 0.3) is 0 Å². The van der Waals surface area contributed by atoms with Gasteiger partial charge in [0.05, 0.1) is 12.5 Å². The number of hydrogen-bond acceptors (Lipinski definition) is 0. The van der Waals surface area contributed by atoms with Crippen LogP contribution in [0.2, 0.25) is 0 Å². The molecule has 3 aromatic rings. The molecule has 1 N–H and O–H groups in total. The monoisotopic (exact) mass is 698 g/mol. The first-order chi connectivity index (χ1) is 25.2. The standard InChI is InChI=1S/C49H80N2/c1-4-6-8-10-12-14-15-16-17-18-19-20-21-23-25-27-35-42-51-43-41-50-48(51)47(40-34-26-24-22-13-11-9-7-5-2)49(3,46-38-32-29-33-39-46)44-45-36-30-28-31-37-45/h28-33,36-39,41,43,47H,4-27,34-35,40,42,44H2,1-3H3/p+1. The smallest absolute Gasteiger partial charge is 0.247 e. The highest BCUT2D eigenvalue weighted by Gasteiger charge is 2.41. The number of benzene rings is 2. The highest BCUT2D eigenvalue weighted by molar-refractivity contribution is 5.32. The lowest BCUT2D eigenvalue weighted by Gasteiger charge is -2.37. The van der Waals surface area contributed by atoms with Gasteiger partial charge in [-0.15, -0.1) is 0 Å². The van der Waals surface area contributed by atoms with Gasteiger partial charge in [0, 0.05) is 5.41 Å². The van der Waals surface area contributed by atoms with Crippen LogP contribution in [0.15, 0.2) is 73.1 Å². The lowest BCUT2D eigenvalue weighted by Crippen LogP contribution is -2.43. The molecule has 0 saturated heterocycles. The molecule has 0 fully saturated rings. The summed E-state index contributed by atoms with van der Waals surface area (Å²) in [4.78, 5) is 3.82. The normalized spacial score (nSPS) is 13.4. The minimum absolute atomic E-state index is 0.00359. The van der Waals surface area contributed by atoms with Gasteiger partial charge in [0.1, 0.15) is 12.4 Å². The molecule has 0 aliphatic rings. The lowest BCUT2D eigenvalue weighted by atomic mass is 9.66. The number of nitrogens with one attached hydrogen (secondary N) is 1. The molecule has 0 amide bonds. The predicted octanol–water partition coefficient (Wildman–Crippen LogP) is 15.2. The molecule has 1 aromatic heterocycles. The Kier molecular flexibility index (Phi) is 23.8. The van der Waals surface area contributed by atoms with Gasteiger partial charge in [0.25, 0.3) is 5.82 Å². The van der Waals surface area contributed by atoms with Crippen LogP contribution in [0.5, 0.6) is 0 Å². The molecule has 0 aliphatic carbocycles. The van der Waals surface area contributed by atoms with Gasteiger partial charge in [-0.1, -0.05) is 236 Å². The predicted molar refractivity (Wildman–Crippen MR) is 224 cm³/mol. The number of hydrogen-bond donors (Lipinski definition) is 1. The zero-order valence-electron chi connectivity index (χ0n) is 34.0. The summed E-state index contributed by atoms with van der Waals surface area (Å²) in [5.74, 6) is 1.87. The summed E-state index contributed by atoms with van der Waals surface area (Å²) in [5.41, 5.74) is 2.91. The molecule has 286 valence electrons. The Morgan fingerprint density at radius 2 is 0.922 bits per heavy atom. The Balaban J connectivity index is 1.49. The second-order valence-corrected chi connectivity index (χ2v) is 16.3. The summed E-state index contributed by atoms with van der Waals surface area (Å²) in [6, 6.07) is 22.7. The van der Waals surface area contributed by atoms with Gasteiger partial charge in [0.15, 0.2) is 0 Å².